The van der Waals surface area contributed by atoms with Crippen molar-refractivity contribution < 1.29 is 0 Å². The van der Waals surface area contributed by atoms with Crippen LogP contribution in [0.1, 0.15) is 41.0 Å². The number of hydrogen-bond acceptors (Lipinski definition) is 2. The molecule has 0 rings (SSSR count). The van der Waals surface area contributed by atoms with Crippen molar-refractivity contribution in [3.63, 3.8) is 0 Å². The zero-order valence-corrected chi connectivity index (χ0v) is 10.6. The molecular weight excluding hydrogens is 178 g/mol. The third-order valence-electron chi connectivity index (χ3n) is 2.02. The molecule has 2 heteroatoms. The van der Waals surface area contributed by atoms with Crippen LogP contribution in [-0.4, -0.2) is 23.6 Å². The van der Waals surface area contributed by atoms with E-state index in [1.165, 1.54) is 6.42 Å². The Labute approximate surface area is 88.1 Å². The van der Waals surface area contributed by atoms with E-state index in [2.05, 4.69) is 51.7 Å². The van der Waals surface area contributed by atoms with Crippen molar-refractivity contribution in [2.24, 2.45) is 5.92 Å². The average molecular weight is 203 g/mol. The zero-order chi connectivity index (χ0) is 10.3. The maximum Gasteiger partial charge on any atom is 0.0146 e. The zero-order valence-electron chi connectivity index (χ0n) is 9.76. The van der Waals surface area contributed by atoms with Gasteiger partial charge in [-0.05, 0) is 18.9 Å². The summed E-state index contributed by atoms with van der Waals surface area (Å²) in [7, 11) is 0. The lowest BCUT2D eigenvalue weighted by atomic mass is 10.2. The summed E-state index contributed by atoms with van der Waals surface area (Å²) in [6, 6.07) is 0. The molecule has 2 unspecified atom stereocenters. The minimum absolute atomic E-state index is 0.744. The smallest absolute Gasteiger partial charge is 0.0146 e. The standard InChI is InChI=1S/C11H25NS/c1-6-10(4)13-11(5)8-12-7-9(2)3/h9-12H,6-8H2,1-5H3. The summed E-state index contributed by atoms with van der Waals surface area (Å²) in [5, 5.41) is 5.04. The normalized spacial score (nSPS) is 16.2. The fraction of sp³-hybridized carbons (Fsp3) is 1.00. The average Bonchev–Trinajstić information content (AvgIpc) is 2.03. The first-order chi connectivity index (χ1) is 6.06. The van der Waals surface area contributed by atoms with Gasteiger partial charge in [-0.2, -0.15) is 11.8 Å². The van der Waals surface area contributed by atoms with Crippen LogP contribution in [0.5, 0.6) is 0 Å². The van der Waals surface area contributed by atoms with Crippen LogP contribution in [0.25, 0.3) is 0 Å². The van der Waals surface area contributed by atoms with E-state index in [4.69, 9.17) is 0 Å². The van der Waals surface area contributed by atoms with Gasteiger partial charge in [-0.15, -0.1) is 0 Å². The molecule has 2 atom stereocenters. The van der Waals surface area contributed by atoms with Crippen molar-refractivity contribution in [3.8, 4) is 0 Å². The van der Waals surface area contributed by atoms with E-state index in [1.54, 1.807) is 0 Å². The van der Waals surface area contributed by atoms with Crippen LogP contribution in [0.3, 0.4) is 0 Å². The topological polar surface area (TPSA) is 12.0 Å². The van der Waals surface area contributed by atoms with Gasteiger partial charge in [0, 0.05) is 17.0 Å². The molecule has 0 bridgehead atoms. The van der Waals surface area contributed by atoms with Gasteiger partial charge in [0.2, 0.25) is 0 Å². The molecule has 0 spiro atoms. The number of thioether (sulfide) groups is 1. The second kappa shape index (κ2) is 7.69. The summed E-state index contributed by atoms with van der Waals surface area (Å²) < 4.78 is 0. The number of nitrogens with one attached hydrogen (secondary N) is 1. The summed E-state index contributed by atoms with van der Waals surface area (Å²) in [5.74, 6) is 0.765. The van der Waals surface area contributed by atoms with Crippen LogP contribution in [0.15, 0.2) is 0 Å². The van der Waals surface area contributed by atoms with Crippen LogP contribution in [0, 0.1) is 5.92 Å². The molecule has 0 fully saturated rings. The van der Waals surface area contributed by atoms with E-state index in [0.717, 1.165) is 29.5 Å². The Morgan fingerprint density at radius 2 is 1.62 bits per heavy atom. The first kappa shape index (κ1) is 13.3. The molecule has 1 nitrogen and oxygen atoms in total. The Morgan fingerprint density at radius 1 is 1.00 bits per heavy atom. The van der Waals surface area contributed by atoms with Gasteiger partial charge in [0.1, 0.15) is 0 Å². The molecule has 0 saturated carbocycles. The van der Waals surface area contributed by atoms with Gasteiger partial charge in [0.15, 0.2) is 0 Å². The van der Waals surface area contributed by atoms with E-state index in [9.17, 15) is 0 Å². The highest BCUT2D eigenvalue weighted by molar-refractivity contribution is 8.00. The van der Waals surface area contributed by atoms with Crippen molar-refractivity contribution in [1.29, 1.82) is 0 Å². The number of rotatable bonds is 7. The van der Waals surface area contributed by atoms with Crippen LogP contribution < -0.4 is 5.32 Å². The van der Waals surface area contributed by atoms with E-state index in [1.807, 2.05) is 0 Å². The predicted molar refractivity (Wildman–Crippen MR) is 64.5 cm³/mol. The molecule has 0 aliphatic carbocycles. The quantitative estimate of drug-likeness (QED) is 0.682. The first-order valence-electron chi connectivity index (χ1n) is 5.42. The van der Waals surface area contributed by atoms with Gasteiger partial charge in [-0.3, -0.25) is 0 Å². The highest BCUT2D eigenvalue weighted by atomic mass is 32.2. The highest BCUT2D eigenvalue weighted by Crippen LogP contribution is 2.18. The van der Waals surface area contributed by atoms with Gasteiger partial charge >= 0.3 is 0 Å². The molecule has 0 aliphatic rings. The Morgan fingerprint density at radius 3 is 2.08 bits per heavy atom. The minimum atomic E-state index is 0.744. The second-order valence-electron chi connectivity index (χ2n) is 4.22. The van der Waals surface area contributed by atoms with Crippen LogP contribution in [0.4, 0.5) is 0 Å². The molecule has 0 aromatic heterocycles. The summed E-state index contributed by atoms with van der Waals surface area (Å²) in [6.07, 6.45) is 1.28. The Balaban J connectivity index is 3.34. The third-order valence-corrected chi connectivity index (χ3v) is 3.45. The van der Waals surface area contributed by atoms with Gasteiger partial charge in [-0.1, -0.05) is 34.6 Å². The van der Waals surface area contributed by atoms with Gasteiger partial charge in [0.25, 0.3) is 0 Å². The van der Waals surface area contributed by atoms with Crippen molar-refractivity contribution in [1.82, 2.24) is 5.32 Å². The summed E-state index contributed by atoms with van der Waals surface area (Å²) in [6.45, 7) is 13.7. The van der Waals surface area contributed by atoms with E-state index in [0.29, 0.717) is 0 Å². The Kier molecular flexibility index (Phi) is 7.87. The Hall–Kier alpha value is 0.310. The monoisotopic (exact) mass is 203 g/mol. The minimum Gasteiger partial charge on any atom is -0.315 e. The molecule has 0 amide bonds. The molecule has 0 heterocycles. The SMILES string of the molecule is CCC(C)SC(C)CNCC(C)C. The third kappa shape index (κ3) is 8.63. The molecule has 13 heavy (non-hydrogen) atoms. The lowest BCUT2D eigenvalue weighted by Crippen LogP contribution is -2.27. The molecule has 1 N–H and O–H groups in total. The van der Waals surface area contributed by atoms with Crippen molar-refractivity contribution in [2.75, 3.05) is 13.1 Å². The van der Waals surface area contributed by atoms with Crippen LogP contribution in [0.2, 0.25) is 0 Å². The summed E-state index contributed by atoms with van der Waals surface area (Å²) in [4.78, 5) is 0. The summed E-state index contributed by atoms with van der Waals surface area (Å²) >= 11 is 2.09. The lowest BCUT2D eigenvalue weighted by molar-refractivity contribution is 0.553. The fourth-order valence-electron chi connectivity index (χ4n) is 1.12. The maximum absolute atomic E-state index is 3.49. The highest BCUT2D eigenvalue weighted by Gasteiger charge is 2.06. The molecule has 0 radical (unpaired) electrons. The molecule has 0 aromatic rings. The summed E-state index contributed by atoms with van der Waals surface area (Å²) in [5.41, 5.74) is 0. The van der Waals surface area contributed by atoms with E-state index >= 15 is 0 Å². The van der Waals surface area contributed by atoms with Gasteiger partial charge < -0.3 is 5.32 Å². The van der Waals surface area contributed by atoms with Crippen LogP contribution >= 0.6 is 11.8 Å². The van der Waals surface area contributed by atoms with E-state index < -0.39 is 0 Å². The molecule has 80 valence electrons. The maximum atomic E-state index is 3.49. The number of hydrogen-bond donors (Lipinski definition) is 1. The van der Waals surface area contributed by atoms with Gasteiger partial charge in [-0.25, -0.2) is 0 Å². The largest absolute Gasteiger partial charge is 0.315 e. The predicted octanol–water partition coefficient (Wildman–Crippen LogP) is 3.15. The molecular formula is C11H25NS. The van der Waals surface area contributed by atoms with Crippen molar-refractivity contribution in [2.45, 2.75) is 51.5 Å². The fourth-order valence-corrected chi connectivity index (χ4v) is 2.32. The molecule has 0 saturated heterocycles. The molecule has 0 aliphatic heterocycles. The van der Waals surface area contributed by atoms with Crippen molar-refractivity contribution >= 4 is 11.8 Å². The Bertz CT molecular complexity index is 115. The van der Waals surface area contributed by atoms with Gasteiger partial charge in [0.05, 0.1) is 0 Å². The molecule has 0 aromatic carbocycles. The second-order valence-corrected chi connectivity index (χ2v) is 6.10. The van der Waals surface area contributed by atoms with Crippen LogP contribution in [-0.2, 0) is 0 Å². The van der Waals surface area contributed by atoms with Crippen molar-refractivity contribution in [3.05, 3.63) is 0 Å². The first-order valence-corrected chi connectivity index (χ1v) is 6.36. The van der Waals surface area contributed by atoms with E-state index in [-0.39, 0.29) is 0 Å². The lowest BCUT2D eigenvalue weighted by Gasteiger charge is -2.17.